The molecule has 1 fully saturated rings. The molecule has 0 saturated carbocycles. The molecule has 2 atom stereocenters. The molecule has 0 aliphatic carbocycles. The number of carbonyl (C=O) groups is 1. The monoisotopic (exact) mass is 248 g/mol. The van der Waals surface area contributed by atoms with Gasteiger partial charge in [0.05, 0.1) is 12.2 Å². The van der Waals surface area contributed by atoms with E-state index < -0.39 is 0 Å². The third-order valence-corrected chi connectivity index (χ3v) is 2.99. The molecule has 2 unspecified atom stereocenters. The highest BCUT2D eigenvalue weighted by atomic mass is 16.5. The zero-order valence-corrected chi connectivity index (χ0v) is 10.9. The molecule has 1 heterocycles. The predicted molar refractivity (Wildman–Crippen MR) is 70.3 cm³/mol. The molecule has 1 N–H and O–H groups in total. The maximum Gasteiger partial charge on any atom is 0.317 e. The molecule has 2 amide bonds. The second kappa shape index (κ2) is 5.87. The van der Waals surface area contributed by atoms with E-state index >= 15 is 0 Å². The zero-order chi connectivity index (χ0) is 13.0. The summed E-state index contributed by atoms with van der Waals surface area (Å²) in [6.45, 7) is 5.87. The normalized spacial score (nSPS) is 23.8. The summed E-state index contributed by atoms with van der Waals surface area (Å²) in [5.74, 6) is 0. The number of rotatable bonds is 2. The van der Waals surface area contributed by atoms with E-state index in [1.165, 1.54) is 0 Å². The summed E-state index contributed by atoms with van der Waals surface area (Å²) < 4.78 is 5.61. The molecule has 0 spiro atoms. The first kappa shape index (κ1) is 12.9. The van der Waals surface area contributed by atoms with Gasteiger partial charge in [-0.2, -0.15) is 0 Å². The molecule has 18 heavy (non-hydrogen) atoms. The van der Waals surface area contributed by atoms with Crippen molar-refractivity contribution in [1.29, 1.82) is 0 Å². The van der Waals surface area contributed by atoms with Crippen LogP contribution >= 0.6 is 0 Å². The van der Waals surface area contributed by atoms with Crippen LogP contribution in [0.15, 0.2) is 30.3 Å². The Morgan fingerprint density at radius 3 is 2.50 bits per heavy atom. The lowest BCUT2D eigenvalue weighted by molar-refractivity contribution is -0.0545. The number of hydrogen-bond acceptors (Lipinski definition) is 2. The van der Waals surface area contributed by atoms with Gasteiger partial charge in [-0.25, -0.2) is 4.79 Å². The van der Waals surface area contributed by atoms with Gasteiger partial charge in [0.15, 0.2) is 0 Å². The van der Waals surface area contributed by atoms with Crippen LogP contribution in [0.5, 0.6) is 0 Å². The van der Waals surface area contributed by atoms with Crippen molar-refractivity contribution in [3.05, 3.63) is 35.9 Å². The van der Waals surface area contributed by atoms with Gasteiger partial charge in [-0.15, -0.1) is 0 Å². The highest BCUT2D eigenvalue weighted by Crippen LogP contribution is 2.10. The number of urea groups is 1. The van der Waals surface area contributed by atoms with E-state index in [2.05, 4.69) is 5.32 Å². The average Bonchev–Trinajstić information content (AvgIpc) is 2.36. The Hall–Kier alpha value is -1.55. The largest absolute Gasteiger partial charge is 0.372 e. The van der Waals surface area contributed by atoms with Crippen molar-refractivity contribution in [2.75, 3.05) is 13.1 Å². The predicted octanol–water partition coefficient (Wildman–Crippen LogP) is 2.01. The molecule has 1 aromatic rings. The Labute approximate surface area is 108 Å². The SMILES string of the molecule is CC1CN(C(=O)NCc2ccccc2)CC(C)O1. The molecule has 1 aliphatic rings. The van der Waals surface area contributed by atoms with E-state index in [9.17, 15) is 4.79 Å². The molecular weight excluding hydrogens is 228 g/mol. The van der Waals surface area contributed by atoms with E-state index in [-0.39, 0.29) is 18.2 Å². The fourth-order valence-corrected chi connectivity index (χ4v) is 2.23. The van der Waals surface area contributed by atoms with Crippen LogP contribution in [0.4, 0.5) is 4.79 Å². The van der Waals surface area contributed by atoms with Crippen LogP contribution < -0.4 is 5.32 Å². The molecule has 2 rings (SSSR count). The summed E-state index contributed by atoms with van der Waals surface area (Å²) in [6, 6.07) is 9.91. The first-order chi connectivity index (χ1) is 8.65. The van der Waals surface area contributed by atoms with Crippen LogP contribution in [0.1, 0.15) is 19.4 Å². The summed E-state index contributed by atoms with van der Waals surface area (Å²) in [4.78, 5) is 13.8. The van der Waals surface area contributed by atoms with Crippen molar-refractivity contribution in [1.82, 2.24) is 10.2 Å². The smallest absolute Gasteiger partial charge is 0.317 e. The van der Waals surface area contributed by atoms with Crippen LogP contribution in [0.2, 0.25) is 0 Å². The summed E-state index contributed by atoms with van der Waals surface area (Å²) in [7, 11) is 0. The molecule has 0 radical (unpaired) electrons. The summed E-state index contributed by atoms with van der Waals surface area (Å²) in [6.07, 6.45) is 0.215. The van der Waals surface area contributed by atoms with Gasteiger partial charge in [-0.1, -0.05) is 30.3 Å². The van der Waals surface area contributed by atoms with Gasteiger partial charge in [0.2, 0.25) is 0 Å². The van der Waals surface area contributed by atoms with Gasteiger partial charge in [0.1, 0.15) is 0 Å². The van der Waals surface area contributed by atoms with E-state index in [0.717, 1.165) is 5.56 Å². The summed E-state index contributed by atoms with van der Waals surface area (Å²) >= 11 is 0. The second-order valence-corrected chi connectivity index (χ2v) is 4.81. The van der Waals surface area contributed by atoms with Crippen molar-refractivity contribution in [2.45, 2.75) is 32.6 Å². The highest BCUT2D eigenvalue weighted by Gasteiger charge is 2.25. The zero-order valence-electron chi connectivity index (χ0n) is 10.9. The quantitative estimate of drug-likeness (QED) is 0.869. The topological polar surface area (TPSA) is 41.6 Å². The highest BCUT2D eigenvalue weighted by molar-refractivity contribution is 5.74. The number of ether oxygens (including phenoxy) is 1. The molecule has 1 aromatic carbocycles. The first-order valence-corrected chi connectivity index (χ1v) is 6.37. The molecule has 98 valence electrons. The molecule has 1 aliphatic heterocycles. The second-order valence-electron chi connectivity index (χ2n) is 4.81. The van der Waals surface area contributed by atoms with Crippen molar-refractivity contribution >= 4 is 6.03 Å². The lowest BCUT2D eigenvalue weighted by Crippen LogP contribution is -2.51. The van der Waals surface area contributed by atoms with Gasteiger partial charge >= 0.3 is 6.03 Å². The molecular formula is C14H20N2O2. The number of benzene rings is 1. The average molecular weight is 248 g/mol. The molecule has 1 saturated heterocycles. The summed E-state index contributed by atoms with van der Waals surface area (Å²) in [5, 5.41) is 2.94. The van der Waals surface area contributed by atoms with Gasteiger partial charge in [0, 0.05) is 19.6 Å². The minimum absolute atomic E-state index is 0.0131. The minimum atomic E-state index is -0.0131. The van der Waals surface area contributed by atoms with E-state index in [4.69, 9.17) is 4.74 Å². The van der Waals surface area contributed by atoms with Crippen molar-refractivity contribution in [3.63, 3.8) is 0 Å². The van der Waals surface area contributed by atoms with Gasteiger partial charge in [-0.05, 0) is 19.4 Å². The van der Waals surface area contributed by atoms with Crippen LogP contribution in [-0.2, 0) is 11.3 Å². The Kier molecular flexibility index (Phi) is 4.20. The third kappa shape index (κ3) is 3.47. The first-order valence-electron chi connectivity index (χ1n) is 6.37. The van der Waals surface area contributed by atoms with Crippen molar-refractivity contribution in [2.24, 2.45) is 0 Å². The standard InChI is InChI=1S/C14H20N2O2/c1-11-9-16(10-12(2)18-11)14(17)15-8-13-6-4-3-5-7-13/h3-7,11-12H,8-10H2,1-2H3,(H,15,17). The number of nitrogens with one attached hydrogen (secondary N) is 1. The lowest BCUT2D eigenvalue weighted by Gasteiger charge is -2.35. The van der Waals surface area contributed by atoms with E-state index in [0.29, 0.717) is 19.6 Å². The van der Waals surface area contributed by atoms with Gasteiger partial charge in [0.25, 0.3) is 0 Å². The fourth-order valence-electron chi connectivity index (χ4n) is 2.23. The number of amides is 2. The Bertz CT molecular complexity index is 384. The summed E-state index contributed by atoms with van der Waals surface area (Å²) in [5.41, 5.74) is 1.11. The Morgan fingerprint density at radius 1 is 1.28 bits per heavy atom. The number of nitrogens with zero attached hydrogens (tertiary/aromatic N) is 1. The van der Waals surface area contributed by atoms with E-state index in [1.807, 2.05) is 49.1 Å². The maximum absolute atomic E-state index is 12.0. The number of hydrogen-bond donors (Lipinski definition) is 1. The van der Waals surface area contributed by atoms with Crippen LogP contribution in [0.25, 0.3) is 0 Å². The van der Waals surface area contributed by atoms with Gasteiger partial charge in [-0.3, -0.25) is 0 Å². The van der Waals surface area contributed by atoms with Crippen LogP contribution in [0.3, 0.4) is 0 Å². The molecule has 4 heteroatoms. The maximum atomic E-state index is 12.0. The molecule has 4 nitrogen and oxygen atoms in total. The fraction of sp³-hybridized carbons (Fsp3) is 0.500. The van der Waals surface area contributed by atoms with Gasteiger partial charge < -0.3 is 15.0 Å². The number of carbonyl (C=O) groups excluding carboxylic acids is 1. The molecule has 0 bridgehead atoms. The van der Waals surface area contributed by atoms with Crippen LogP contribution in [-0.4, -0.2) is 36.2 Å². The Balaban J connectivity index is 1.84. The third-order valence-electron chi connectivity index (χ3n) is 2.99. The van der Waals surface area contributed by atoms with Crippen molar-refractivity contribution in [3.8, 4) is 0 Å². The lowest BCUT2D eigenvalue weighted by atomic mass is 10.2. The van der Waals surface area contributed by atoms with E-state index in [1.54, 1.807) is 0 Å². The van der Waals surface area contributed by atoms with Crippen molar-refractivity contribution < 1.29 is 9.53 Å². The Morgan fingerprint density at radius 2 is 1.89 bits per heavy atom. The number of morpholine rings is 1. The van der Waals surface area contributed by atoms with Crippen LogP contribution in [0, 0.1) is 0 Å². The minimum Gasteiger partial charge on any atom is -0.372 e. The molecule has 0 aromatic heterocycles.